The van der Waals surface area contributed by atoms with Crippen LogP contribution in [0.1, 0.15) is 15.9 Å². The Labute approximate surface area is 97.3 Å². The van der Waals surface area contributed by atoms with Crippen molar-refractivity contribution in [2.75, 3.05) is 0 Å². The molecule has 1 aliphatic rings. The number of nitrogens with zero attached hydrogens (tertiary/aromatic N) is 1. The van der Waals surface area contributed by atoms with Crippen LogP contribution in [0.3, 0.4) is 0 Å². The second-order valence-corrected chi connectivity index (χ2v) is 3.97. The Balaban J connectivity index is 2.44. The predicted molar refractivity (Wildman–Crippen MR) is 57.7 cm³/mol. The number of carbonyl (C=O) groups excluding carboxylic acids is 1. The van der Waals surface area contributed by atoms with Gasteiger partial charge in [-0.1, -0.05) is 0 Å². The van der Waals surface area contributed by atoms with Crippen LogP contribution in [0.5, 0.6) is 5.75 Å². The van der Waals surface area contributed by atoms with Crippen molar-refractivity contribution >= 4 is 34.7 Å². The van der Waals surface area contributed by atoms with E-state index in [2.05, 4.69) is 9.73 Å². The number of alkyl halides is 2. The highest BCUT2D eigenvalue weighted by molar-refractivity contribution is 14.1. The molecule has 1 amide bonds. The second-order valence-electron chi connectivity index (χ2n) is 2.81. The molecule has 0 aliphatic carbocycles. The molecule has 0 saturated carbocycles. The first kappa shape index (κ1) is 10.5. The van der Waals surface area contributed by atoms with Crippen LogP contribution in [0.4, 0.5) is 8.78 Å². The van der Waals surface area contributed by atoms with E-state index in [1.54, 1.807) is 0 Å². The van der Waals surface area contributed by atoms with Crippen molar-refractivity contribution in [2.24, 2.45) is 4.99 Å². The molecule has 0 N–H and O–H groups in total. The van der Waals surface area contributed by atoms with Crippen LogP contribution < -0.4 is 4.74 Å². The standard InChI is InChI=1S/C9H4F2INO2/c10-9(11)15-5-1-4-3-13-8(14)7(4)6(12)2-5/h1-3,9H. The van der Waals surface area contributed by atoms with Gasteiger partial charge in [-0.05, 0) is 34.7 Å². The normalized spacial score (nSPS) is 13.5. The number of benzene rings is 1. The lowest BCUT2D eigenvalue weighted by Crippen LogP contribution is -2.04. The first-order valence-corrected chi connectivity index (χ1v) is 5.02. The second kappa shape index (κ2) is 3.84. The van der Waals surface area contributed by atoms with Gasteiger partial charge < -0.3 is 4.74 Å². The largest absolute Gasteiger partial charge is 0.435 e. The van der Waals surface area contributed by atoms with E-state index in [-0.39, 0.29) is 11.7 Å². The minimum absolute atomic E-state index is 0.0364. The number of hydrogen-bond donors (Lipinski definition) is 0. The number of fused-ring (bicyclic) bond motifs is 1. The molecule has 0 spiro atoms. The molecule has 0 saturated heterocycles. The third kappa shape index (κ3) is 1.99. The van der Waals surface area contributed by atoms with Crippen LogP contribution in [-0.2, 0) is 0 Å². The number of aliphatic imine (C=N–C) groups is 1. The Morgan fingerprint density at radius 3 is 2.80 bits per heavy atom. The van der Waals surface area contributed by atoms with E-state index in [9.17, 15) is 13.6 Å². The summed E-state index contributed by atoms with van der Waals surface area (Å²) in [5.74, 6) is -0.313. The van der Waals surface area contributed by atoms with Crippen LogP contribution in [0.25, 0.3) is 0 Å². The maximum atomic E-state index is 12.0. The van der Waals surface area contributed by atoms with Crippen LogP contribution in [0, 0.1) is 3.57 Å². The molecule has 2 rings (SSSR count). The van der Waals surface area contributed by atoms with Crippen LogP contribution >= 0.6 is 22.6 Å². The first-order valence-electron chi connectivity index (χ1n) is 3.94. The Hall–Kier alpha value is -1.05. The molecule has 15 heavy (non-hydrogen) atoms. The van der Waals surface area contributed by atoms with E-state index in [1.807, 2.05) is 22.6 Å². The van der Waals surface area contributed by atoms with E-state index in [0.29, 0.717) is 14.7 Å². The maximum absolute atomic E-state index is 12.0. The summed E-state index contributed by atoms with van der Waals surface area (Å²) in [6, 6.07) is 2.76. The van der Waals surface area contributed by atoms with Gasteiger partial charge in [-0.15, -0.1) is 0 Å². The lowest BCUT2D eigenvalue weighted by Gasteiger charge is -2.07. The highest BCUT2D eigenvalue weighted by atomic mass is 127. The maximum Gasteiger partial charge on any atom is 0.387 e. The highest BCUT2D eigenvalue weighted by Crippen LogP contribution is 2.27. The predicted octanol–water partition coefficient (Wildman–Crippen LogP) is 2.47. The molecule has 1 aliphatic heterocycles. The third-order valence-corrected chi connectivity index (χ3v) is 2.70. The highest BCUT2D eigenvalue weighted by Gasteiger charge is 2.20. The van der Waals surface area contributed by atoms with E-state index in [4.69, 9.17) is 0 Å². The van der Waals surface area contributed by atoms with Gasteiger partial charge in [0.2, 0.25) is 0 Å². The SMILES string of the molecule is O=C1N=Cc2cc(OC(F)F)cc(I)c21. The van der Waals surface area contributed by atoms with Crippen molar-refractivity contribution in [1.29, 1.82) is 0 Å². The summed E-state index contributed by atoms with van der Waals surface area (Å²) < 4.78 is 28.7. The lowest BCUT2D eigenvalue weighted by atomic mass is 10.1. The van der Waals surface area contributed by atoms with Crippen LogP contribution in [-0.4, -0.2) is 18.7 Å². The van der Waals surface area contributed by atoms with Crippen molar-refractivity contribution in [3.05, 3.63) is 26.8 Å². The molecule has 0 radical (unpaired) electrons. The van der Waals surface area contributed by atoms with E-state index in [0.717, 1.165) is 0 Å². The van der Waals surface area contributed by atoms with Gasteiger partial charge in [-0.3, -0.25) is 4.79 Å². The quantitative estimate of drug-likeness (QED) is 0.785. The van der Waals surface area contributed by atoms with E-state index >= 15 is 0 Å². The smallest absolute Gasteiger partial charge is 0.387 e. The van der Waals surface area contributed by atoms with Crippen LogP contribution in [0.15, 0.2) is 17.1 Å². The van der Waals surface area contributed by atoms with Gasteiger partial charge >= 0.3 is 6.61 Å². The molecule has 0 bridgehead atoms. The van der Waals surface area contributed by atoms with Crippen molar-refractivity contribution in [2.45, 2.75) is 6.61 Å². The molecule has 0 atom stereocenters. The number of carbonyl (C=O) groups is 1. The average Bonchev–Trinajstić information content (AvgIpc) is 2.46. The summed E-state index contributed by atoms with van der Waals surface area (Å²) in [5.41, 5.74) is 0.958. The van der Waals surface area contributed by atoms with Gasteiger partial charge in [0.25, 0.3) is 5.91 Å². The summed E-state index contributed by atoms with van der Waals surface area (Å²) in [5, 5.41) is 0. The fourth-order valence-corrected chi connectivity index (χ4v) is 2.14. The van der Waals surface area contributed by atoms with Gasteiger partial charge in [0.15, 0.2) is 0 Å². The van der Waals surface area contributed by atoms with Gasteiger partial charge in [-0.2, -0.15) is 8.78 Å². The minimum Gasteiger partial charge on any atom is -0.435 e. The zero-order chi connectivity index (χ0) is 11.0. The average molecular weight is 323 g/mol. The third-order valence-electron chi connectivity index (χ3n) is 1.85. The van der Waals surface area contributed by atoms with E-state index < -0.39 is 6.61 Å². The molecule has 0 unspecified atom stereocenters. The number of halogens is 3. The zero-order valence-corrected chi connectivity index (χ0v) is 9.36. The molecule has 0 aromatic heterocycles. The summed E-state index contributed by atoms with van der Waals surface area (Å²) in [6.45, 7) is -2.87. The lowest BCUT2D eigenvalue weighted by molar-refractivity contribution is -0.0498. The Morgan fingerprint density at radius 2 is 2.13 bits per heavy atom. The number of rotatable bonds is 2. The molecule has 1 heterocycles. The fraction of sp³-hybridized carbons (Fsp3) is 0.111. The molecule has 6 heteroatoms. The first-order chi connectivity index (χ1) is 7.08. The molecule has 1 aromatic carbocycles. The number of amides is 1. The monoisotopic (exact) mass is 323 g/mol. The molecule has 78 valence electrons. The Morgan fingerprint density at radius 1 is 1.40 bits per heavy atom. The summed E-state index contributed by atoms with van der Waals surface area (Å²) in [4.78, 5) is 14.8. The molecular formula is C9H4F2INO2. The molecule has 0 fully saturated rings. The minimum atomic E-state index is -2.87. The summed E-state index contributed by atoms with van der Waals surface area (Å²) >= 11 is 1.89. The Bertz CT molecular complexity index is 460. The molecular weight excluding hydrogens is 319 g/mol. The number of hydrogen-bond acceptors (Lipinski definition) is 2. The summed E-state index contributed by atoms with van der Waals surface area (Å²) in [7, 11) is 0. The van der Waals surface area contributed by atoms with Gasteiger partial charge in [-0.25, -0.2) is 4.99 Å². The topological polar surface area (TPSA) is 38.7 Å². The fourth-order valence-electron chi connectivity index (χ4n) is 1.29. The van der Waals surface area contributed by atoms with Gasteiger partial charge in [0, 0.05) is 15.3 Å². The van der Waals surface area contributed by atoms with Crippen LogP contribution in [0.2, 0.25) is 0 Å². The summed E-state index contributed by atoms with van der Waals surface area (Å²) in [6.07, 6.45) is 1.35. The zero-order valence-electron chi connectivity index (χ0n) is 7.21. The van der Waals surface area contributed by atoms with Crippen molar-refractivity contribution in [3.63, 3.8) is 0 Å². The molecule has 3 nitrogen and oxygen atoms in total. The Kier molecular flexibility index (Phi) is 2.68. The van der Waals surface area contributed by atoms with Crippen molar-refractivity contribution < 1.29 is 18.3 Å². The van der Waals surface area contributed by atoms with E-state index in [1.165, 1.54) is 18.3 Å². The van der Waals surface area contributed by atoms with Crippen molar-refractivity contribution in [3.8, 4) is 5.75 Å². The number of ether oxygens (including phenoxy) is 1. The van der Waals surface area contributed by atoms with Crippen molar-refractivity contribution in [1.82, 2.24) is 0 Å². The van der Waals surface area contributed by atoms with Gasteiger partial charge in [0.1, 0.15) is 5.75 Å². The van der Waals surface area contributed by atoms with Gasteiger partial charge in [0.05, 0.1) is 5.56 Å². The molecule has 1 aromatic rings.